The van der Waals surface area contributed by atoms with Crippen LogP contribution in [0.15, 0.2) is 60.9 Å². The SMILES string of the molecule is CSCC[C@@H]1NC(=O)[C@@H]2CCCN2Cc2cccc(c2)Nc2cc(ncn2)Nc2cccc(c2)CNC1=O. The highest BCUT2D eigenvalue weighted by molar-refractivity contribution is 7.98. The van der Waals surface area contributed by atoms with Crippen LogP contribution in [0, 0.1) is 0 Å². The molecule has 0 spiro atoms. The zero-order valence-electron chi connectivity index (χ0n) is 21.4. The van der Waals surface area contributed by atoms with E-state index in [-0.39, 0.29) is 17.9 Å². The summed E-state index contributed by atoms with van der Waals surface area (Å²) < 4.78 is 0. The number of amides is 2. The van der Waals surface area contributed by atoms with Crippen molar-refractivity contribution in [3.8, 4) is 0 Å². The molecular weight excluding hydrogens is 498 g/mol. The van der Waals surface area contributed by atoms with E-state index in [0.717, 1.165) is 47.6 Å². The number of aromatic nitrogens is 2. The minimum absolute atomic E-state index is 0.0767. The van der Waals surface area contributed by atoms with E-state index in [1.165, 1.54) is 6.33 Å². The number of anilines is 4. The van der Waals surface area contributed by atoms with Crippen molar-refractivity contribution in [2.24, 2.45) is 0 Å². The largest absolute Gasteiger partial charge is 0.350 e. The summed E-state index contributed by atoms with van der Waals surface area (Å²) in [5.74, 6) is 1.88. The molecule has 38 heavy (non-hydrogen) atoms. The average Bonchev–Trinajstić information content (AvgIpc) is 3.38. The van der Waals surface area contributed by atoms with Crippen LogP contribution < -0.4 is 21.3 Å². The molecular formula is C28H33N7O2S. The third kappa shape index (κ3) is 6.62. The van der Waals surface area contributed by atoms with Crippen molar-refractivity contribution in [1.82, 2.24) is 25.5 Å². The third-order valence-electron chi connectivity index (χ3n) is 6.83. The van der Waals surface area contributed by atoms with E-state index in [2.05, 4.69) is 48.3 Å². The lowest BCUT2D eigenvalue weighted by Gasteiger charge is -2.26. The van der Waals surface area contributed by atoms with E-state index in [4.69, 9.17) is 0 Å². The minimum atomic E-state index is -0.573. The van der Waals surface area contributed by atoms with Gasteiger partial charge in [0.25, 0.3) is 0 Å². The van der Waals surface area contributed by atoms with Gasteiger partial charge in [-0.1, -0.05) is 24.3 Å². The first kappa shape index (κ1) is 26.0. The summed E-state index contributed by atoms with van der Waals surface area (Å²) in [7, 11) is 0. The number of hydrogen-bond donors (Lipinski definition) is 4. The molecule has 2 aliphatic rings. The molecule has 1 aromatic heterocycles. The Balaban J connectivity index is 1.45. The summed E-state index contributed by atoms with van der Waals surface area (Å²) in [5, 5.41) is 12.8. The van der Waals surface area contributed by atoms with Gasteiger partial charge in [0.1, 0.15) is 24.0 Å². The summed E-state index contributed by atoms with van der Waals surface area (Å²) in [4.78, 5) is 37.5. The summed E-state index contributed by atoms with van der Waals surface area (Å²) in [5.41, 5.74) is 3.81. The summed E-state index contributed by atoms with van der Waals surface area (Å²) >= 11 is 1.67. The van der Waals surface area contributed by atoms with E-state index in [9.17, 15) is 9.59 Å². The third-order valence-corrected chi connectivity index (χ3v) is 7.47. The predicted octanol–water partition coefficient (Wildman–Crippen LogP) is 3.80. The van der Waals surface area contributed by atoms with Crippen molar-refractivity contribution >= 4 is 46.6 Å². The molecule has 9 nitrogen and oxygen atoms in total. The Morgan fingerprint density at radius 1 is 0.947 bits per heavy atom. The smallest absolute Gasteiger partial charge is 0.242 e. The summed E-state index contributed by atoms with van der Waals surface area (Å²) in [6.07, 6.45) is 5.84. The molecule has 6 bridgehead atoms. The quantitative estimate of drug-likeness (QED) is 0.404. The summed E-state index contributed by atoms with van der Waals surface area (Å²) in [6, 6.07) is 17.0. The second-order valence-corrected chi connectivity index (χ2v) is 10.6. The van der Waals surface area contributed by atoms with Crippen LogP contribution in [0.1, 0.15) is 30.4 Å². The van der Waals surface area contributed by atoms with Crippen LogP contribution in [0.3, 0.4) is 0 Å². The van der Waals surface area contributed by atoms with Crippen LogP contribution in [-0.2, 0) is 22.7 Å². The Bertz CT molecular complexity index is 1290. The maximum Gasteiger partial charge on any atom is 0.242 e. The van der Waals surface area contributed by atoms with Gasteiger partial charge in [0.05, 0.1) is 6.04 Å². The van der Waals surface area contributed by atoms with Gasteiger partial charge in [0.15, 0.2) is 0 Å². The van der Waals surface area contributed by atoms with Gasteiger partial charge >= 0.3 is 0 Å². The standard InChI is InChI=1S/C28H33N7O2S/c1-38-12-10-23-27(36)29-16-19-5-2-7-21(13-19)32-25-15-26(31-18-30-25)33-22-8-3-6-20(14-22)17-35-11-4-9-24(35)28(37)34-23/h2-3,5-8,13-15,18,23-24H,4,9-12,16-17H2,1H3,(H,29,36)(H,34,37)(H2,30,31,32,33)/t23-,24-/m0/s1. The molecule has 3 aromatic rings. The first-order valence-corrected chi connectivity index (χ1v) is 14.3. The normalized spacial score (nSPS) is 20.3. The Morgan fingerprint density at radius 3 is 2.39 bits per heavy atom. The van der Waals surface area contributed by atoms with Crippen molar-refractivity contribution in [1.29, 1.82) is 0 Å². The molecule has 0 unspecified atom stereocenters. The van der Waals surface area contributed by atoms with Crippen molar-refractivity contribution in [2.75, 3.05) is 29.2 Å². The van der Waals surface area contributed by atoms with Crippen LogP contribution in [0.2, 0.25) is 0 Å². The second-order valence-electron chi connectivity index (χ2n) is 9.63. The predicted molar refractivity (Wildman–Crippen MR) is 152 cm³/mol. The Kier molecular flexibility index (Phi) is 8.40. The first-order chi connectivity index (χ1) is 18.6. The van der Waals surface area contributed by atoms with Crippen molar-refractivity contribution in [3.63, 3.8) is 0 Å². The molecule has 2 atom stereocenters. The fraction of sp³-hybridized carbons (Fsp3) is 0.357. The highest BCUT2D eigenvalue weighted by Crippen LogP contribution is 2.24. The second kappa shape index (κ2) is 12.3. The number of nitrogens with one attached hydrogen (secondary N) is 4. The monoisotopic (exact) mass is 531 g/mol. The number of benzene rings is 2. The van der Waals surface area contributed by atoms with Crippen LogP contribution in [0.25, 0.3) is 0 Å². The molecule has 3 heterocycles. The van der Waals surface area contributed by atoms with Gasteiger partial charge in [-0.3, -0.25) is 14.5 Å². The number of rotatable bonds is 3. The van der Waals surface area contributed by atoms with Gasteiger partial charge in [-0.2, -0.15) is 11.8 Å². The Labute approximate surface area is 227 Å². The average molecular weight is 532 g/mol. The summed E-state index contributed by atoms with van der Waals surface area (Å²) in [6.45, 7) is 1.86. The molecule has 1 fully saturated rings. The van der Waals surface area contributed by atoms with Crippen molar-refractivity contribution in [3.05, 3.63) is 72.1 Å². The maximum atomic E-state index is 13.4. The highest BCUT2D eigenvalue weighted by atomic mass is 32.2. The Morgan fingerprint density at radius 2 is 1.66 bits per heavy atom. The van der Waals surface area contributed by atoms with E-state index in [0.29, 0.717) is 31.1 Å². The van der Waals surface area contributed by atoms with Gasteiger partial charge in [0, 0.05) is 30.5 Å². The van der Waals surface area contributed by atoms with Gasteiger partial charge < -0.3 is 21.3 Å². The fourth-order valence-corrected chi connectivity index (χ4v) is 5.40. The molecule has 0 aliphatic carbocycles. The zero-order valence-corrected chi connectivity index (χ0v) is 22.3. The van der Waals surface area contributed by atoms with Crippen molar-refractivity contribution in [2.45, 2.75) is 44.4 Å². The van der Waals surface area contributed by atoms with Gasteiger partial charge in [-0.25, -0.2) is 9.97 Å². The zero-order chi connectivity index (χ0) is 26.3. The van der Waals surface area contributed by atoms with Gasteiger partial charge in [-0.05, 0) is 73.2 Å². The highest BCUT2D eigenvalue weighted by Gasteiger charge is 2.33. The number of hydrogen-bond acceptors (Lipinski definition) is 8. The molecule has 0 radical (unpaired) electrons. The lowest BCUT2D eigenvalue weighted by Crippen LogP contribution is -2.52. The van der Waals surface area contributed by atoms with Crippen LogP contribution in [0.4, 0.5) is 23.0 Å². The molecule has 0 saturated carbocycles. The minimum Gasteiger partial charge on any atom is -0.350 e. The van der Waals surface area contributed by atoms with Crippen LogP contribution in [-0.4, -0.2) is 57.3 Å². The first-order valence-electron chi connectivity index (χ1n) is 12.9. The molecule has 198 valence electrons. The van der Waals surface area contributed by atoms with E-state index < -0.39 is 6.04 Å². The maximum absolute atomic E-state index is 13.4. The number of carbonyl (C=O) groups is 2. The Hall–Kier alpha value is -3.63. The molecule has 4 N–H and O–H groups in total. The van der Waals surface area contributed by atoms with E-state index >= 15 is 0 Å². The number of fused-ring (bicyclic) bond motifs is 7. The molecule has 2 amide bonds. The van der Waals surface area contributed by atoms with Crippen LogP contribution in [0.5, 0.6) is 0 Å². The number of nitrogens with zero attached hydrogens (tertiary/aromatic N) is 3. The molecule has 5 rings (SSSR count). The molecule has 2 aromatic carbocycles. The topological polar surface area (TPSA) is 111 Å². The van der Waals surface area contributed by atoms with Crippen molar-refractivity contribution < 1.29 is 9.59 Å². The lowest BCUT2D eigenvalue weighted by molar-refractivity contribution is -0.131. The van der Waals surface area contributed by atoms with Gasteiger partial charge in [-0.15, -0.1) is 0 Å². The van der Waals surface area contributed by atoms with E-state index in [1.807, 2.05) is 48.7 Å². The molecule has 1 saturated heterocycles. The number of carbonyl (C=O) groups excluding carboxylic acids is 2. The van der Waals surface area contributed by atoms with Gasteiger partial charge in [0.2, 0.25) is 11.8 Å². The van der Waals surface area contributed by atoms with Crippen LogP contribution >= 0.6 is 11.8 Å². The van der Waals surface area contributed by atoms with E-state index in [1.54, 1.807) is 11.8 Å². The molecule has 10 heteroatoms. The fourth-order valence-electron chi connectivity index (χ4n) is 4.93. The molecule has 2 aliphatic heterocycles. The number of thioether (sulfide) groups is 1. The lowest BCUT2D eigenvalue weighted by atomic mass is 10.1.